The SMILES string of the molecule is O=C(CCCn1ccnc1)c1cc(-c2ccsc2)on1. The average Bonchev–Trinajstić information content (AvgIpc) is 3.20. The van der Waals surface area contributed by atoms with Crippen LogP contribution in [0.4, 0.5) is 0 Å². The van der Waals surface area contributed by atoms with Crippen molar-refractivity contribution in [3.8, 4) is 11.3 Å². The van der Waals surface area contributed by atoms with E-state index in [-0.39, 0.29) is 5.78 Å². The van der Waals surface area contributed by atoms with Crippen molar-refractivity contribution in [2.75, 3.05) is 0 Å². The van der Waals surface area contributed by atoms with Crippen molar-refractivity contribution < 1.29 is 9.32 Å². The number of carbonyl (C=O) groups excluding carboxylic acids is 1. The second-order valence-corrected chi connectivity index (χ2v) is 5.20. The highest BCUT2D eigenvalue weighted by Crippen LogP contribution is 2.23. The molecule has 3 aromatic rings. The molecule has 6 heteroatoms. The summed E-state index contributed by atoms with van der Waals surface area (Å²) in [4.78, 5) is 16.0. The Morgan fingerprint density at radius 3 is 3.15 bits per heavy atom. The lowest BCUT2D eigenvalue weighted by atomic mass is 10.1. The number of hydrogen-bond acceptors (Lipinski definition) is 5. The molecule has 102 valence electrons. The molecule has 0 aromatic carbocycles. The molecular formula is C14H13N3O2S. The van der Waals surface area contributed by atoms with Crippen molar-refractivity contribution >= 4 is 17.1 Å². The van der Waals surface area contributed by atoms with Crippen LogP contribution in [-0.4, -0.2) is 20.5 Å². The number of rotatable bonds is 6. The van der Waals surface area contributed by atoms with Crippen LogP contribution >= 0.6 is 11.3 Å². The van der Waals surface area contributed by atoms with Crippen LogP contribution in [0.1, 0.15) is 23.3 Å². The van der Waals surface area contributed by atoms with Crippen LogP contribution in [0.5, 0.6) is 0 Å². The lowest BCUT2D eigenvalue weighted by Gasteiger charge is -1.99. The van der Waals surface area contributed by atoms with Gasteiger partial charge in [0, 0.05) is 42.4 Å². The van der Waals surface area contributed by atoms with E-state index < -0.39 is 0 Å². The Hall–Kier alpha value is -2.21. The third-order valence-corrected chi connectivity index (χ3v) is 3.66. The van der Waals surface area contributed by atoms with Gasteiger partial charge in [-0.25, -0.2) is 4.98 Å². The van der Waals surface area contributed by atoms with Gasteiger partial charge in [-0.2, -0.15) is 11.3 Å². The highest BCUT2D eigenvalue weighted by Gasteiger charge is 2.13. The summed E-state index contributed by atoms with van der Waals surface area (Å²) in [5.41, 5.74) is 1.36. The standard InChI is InChI=1S/C14H13N3O2S/c18-13(2-1-5-17-6-4-15-10-17)12-8-14(19-16-12)11-3-7-20-9-11/h3-4,6-10H,1-2,5H2. The topological polar surface area (TPSA) is 60.9 Å². The maximum atomic E-state index is 12.0. The van der Waals surface area contributed by atoms with Gasteiger partial charge < -0.3 is 9.09 Å². The number of aromatic nitrogens is 3. The van der Waals surface area contributed by atoms with E-state index in [0.717, 1.165) is 18.5 Å². The Morgan fingerprint density at radius 2 is 2.40 bits per heavy atom. The molecule has 5 nitrogen and oxygen atoms in total. The molecule has 20 heavy (non-hydrogen) atoms. The van der Waals surface area contributed by atoms with E-state index in [1.54, 1.807) is 29.9 Å². The number of imidazole rings is 1. The molecule has 0 aliphatic rings. The molecule has 0 fully saturated rings. The summed E-state index contributed by atoms with van der Waals surface area (Å²) in [6.07, 6.45) is 6.57. The zero-order valence-electron chi connectivity index (χ0n) is 10.7. The van der Waals surface area contributed by atoms with E-state index in [1.807, 2.05) is 27.6 Å². The molecule has 0 spiro atoms. The Morgan fingerprint density at radius 1 is 1.45 bits per heavy atom. The smallest absolute Gasteiger partial charge is 0.184 e. The van der Waals surface area contributed by atoms with Gasteiger partial charge in [0.25, 0.3) is 0 Å². The first-order valence-electron chi connectivity index (χ1n) is 6.31. The lowest BCUT2D eigenvalue weighted by molar-refractivity contribution is 0.0970. The number of Topliss-reactive ketones (excluding diaryl/α,β-unsaturated/α-hetero) is 1. The highest BCUT2D eigenvalue weighted by atomic mass is 32.1. The third-order valence-electron chi connectivity index (χ3n) is 2.98. The molecule has 0 unspecified atom stereocenters. The normalized spacial score (nSPS) is 10.8. The van der Waals surface area contributed by atoms with Gasteiger partial charge in [0.1, 0.15) is 5.69 Å². The van der Waals surface area contributed by atoms with Crippen molar-refractivity contribution in [3.63, 3.8) is 0 Å². The van der Waals surface area contributed by atoms with Crippen LogP contribution in [0.3, 0.4) is 0 Å². The van der Waals surface area contributed by atoms with E-state index in [1.165, 1.54) is 0 Å². The summed E-state index contributed by atoms with van der Waals surface area (Å²) in [5, 5.41) is 7.78. The fourth-order valence-corrected chi connectivity index (χ4v) is 2.56. The molecule has 3 rings (SSSR count). The Bertz CT molecular complexity index is 671. The van der Waals surface area contributed by atoms with Crippen LogP contribution in [0.15, 0.2) is 46.1 Å². The van der Waals surface area contributed by atoms with Crippen molar-refractivity contribution in [1.82, 2.24) is 14.7 Å². The van der Waals surface area contributed by atoms with Gasteiger partial charge in [-0.1, -0.05) is 5.16 Å². The Balaban J connectivity index is 1.57. The predicted octanol–water partition coefficient (Wildman–Crippen LogP) is 3.26. The molecule has 0 atom stereocenters. The minimum Gasteiger partial charge on any atom is -0.356 e. The quantitative estimate of drug-likeness (QED) is 0.653. The van der Waals surface area contributed by atoms with Gasteiger partial charge in [0.2, 0.25) is 0 Å². The molecular weight excluding hydrogens is 274 g/mol. The molecule has 0 aliphatic carbocycles. The summed E-state index contributed by atoms with van der Waals surface area (Å²) >= 11 is 1.58. The van der Waals surface area contributed by atoms with Crippen LogP contribution in [-0.2, 0) is 6.54 Å². The molecule has 0 N–H and O–H groups in total. The van der Waals surface area contributed by atoms with Gasteiger partial charge >= 0.3 is 0 Å². The largest absolute Gasteiger partial charge is 0.356 e. The van der Waals surface area contributed by atoms with Gasteiger partial charge in [-0.05, 0) is 17.9 Å². The van der Waals surface area contributed by atoms with Crippen LogP contribution in [0.2, 0.25) is 0 Å². The van der Waals surface area contributed by atoms with Crippen molar-refractivity contribution in [3.05, 3.63) is 47.3 Å². The fourth-order valence-electron chi connectivity index (χ4n) is 1.92. The fraction of sp³-hybridized carbons (Fsp3) is 0.214. The molecule has 0 aliphatic heterocycles. The van der Waals surface area contributed by atoms with Gasteiger partial charge in [-0.3, -0.25) is 4.79 Å². The zero-order valence-corrected chi connectivity index (χ0v) is 11.5. The van der Waals surface area contributed by atoms with E-state index in [0.29, 0.717) is 17.9 Å². The maximum absolute atomic E-state index is 12.0. The molecule has 0 bridgehead atoms. The van der Waals surface area contributed by atoms with E-state index in [9.17, 15) is 4.79 Å². The second kappa shape index (κ2) is 5.83. The number of hydrogen-bond donors (Lipinski definition) is 0. The molecule has 0 amide bonds. The summed E-state index contributed by atoms with van der Waals surface area (Å²) < 4.78 is 7.15. The van der Waals surface area contributed by atoms with Gasteiger partial charge in [0.15, 0.2) is 11.5 Å². The summed E-state index contributed by atoms with van der Waals surface area (Å²) in [6.45, 7) is 0.779. The number of thiophene rings is 1. The minimum atomic E-state index is 0.00958. The first-order chi connectivity index (χ1) is 9.83. The van der Waals surface area contributed by atoms with Crippen molar-refractivity contribution in [1.29, 1.82) is 0 Å². The first kappa shape index (κ1) is 12.8. The molecule has 0 saturated heterocycles. The predicted molar refractivity (Wildman–Crippen MR) is 75.6 cm³/mol. The summed E-state index contributed by atoms with van der Waals surface area (Å²) in [7, 11) is 0. The number of carbonyl (C=O) groups is 1. The number of aryl methyl sites for hydroxylation is 1. The highest BCUT2D eigenvalue weighted by molar-refractivity contribution is 7.08. The maximum Gasteiger partial charge on any atom is 0.184 e. The molecule has 0 saturated carbocycles. The van der Waals surface area contributed by atoms with Crippen LogP contribution < -0.4 is 0 Å². The molecule has 3 aromatic heterocycles. The monoisotopic (exact) mass is 287 g/mol. The van der Waals surface area contributed by atoms with E-state index >= 15 is 0 Å². The summed E-state index contributed by atoms with van der Waals surface area (Å²) in [5.74, 6) is 0.652. The molecule has 0 radical (unpaired) electrons. The minimum absolute atomic E-state index is 0.00958. The van der Waals surface area contributed by atoms with Crippen molar-refractivity contribution in [2.45, 2.75) is 19.4 Å². The van der Waals surface area contributed by atoms with Crippen LogP contribution in [0.25, 0.3) is 11.3 Å². The van der Waals surface area contributed by atoms with Crippen LogP contribution in [0, 0.1) is 0 Å². The first-order valence-corrected chi connectivity index (χ1v) is 7.25. The average molecular weight is 287 g/mol. The number of nitrogens with zero attached hydrogens (tertiary/aromatic N) is 3. The van der Waals surface area contributed by atoms with Crippen molar-refractivity contribution in [2.24, 2.45) is 0 Å². The van der Waals surface area contributed by atoms with Gasteiger partial charge in [0.05, 0.1) is 6.33 Å². The second-order valence-electron chi connectivity index (χ2n) is 4.42. The summed E-state index contributed by atoms with van der Waals surface area (Å²) in [6, 6.07) is 3.65. The Kier molecular flexibility index (Phi) is 3.73. The van der Waals surface area contributed by atoms with E-state index in [4.69, 9.17) is 4.52 Å². The number of ketones is 1. The zero-order chi connectivity index (χ0) is 13.8. The van der Waals surface area contributed by atoms with E-state index in [2.05, 4.69) is 10.1 Å². The lowest BCUT2D eigenvalue weighted by Crippen LogP contribution is -2.02. The Labute approximate surface area is 119 Å². The van der Waals surface area contributed by atoms with Gasteiger partial charge in [-0.15, -0.1) is 0 Å². The molecule has 3 heterocycles. The third kappa shape index (κ3) is 2.85.